The van der Waals surface area contributed by atoms with Gasteiger partial charge in [-0.2, -0.15) is 0 Å². The van der Waals surface area contributed by atoms with Crippen molar-refractivity contribution in [3.8, 4) is 33.2 Å². The summed E-state index contributed by atoms with van der Waals surface area (Å²) in [4.78, 5) is 17.0. The van der Waals surface area contributed by atoms with Gasteiger partial charge >= 0.3 is 0 Å². The third-order valence-corrected chi connectivity index (χ3v) is 6.99. The Hall–Kier alpha value is -3.42. The third kappa shape index (κ3) is 6.22. The third-order valence-electron chi connectivity index (χ3n) is 6.11. The number of nitrogens with one attached hydrogen (secondary N) is 1. The molecule has 0 atom stereocenters. The van der Waals surface area contributed by atoms with E-state index in [1.54, 1.807) is 19.9 Å². The quantitative estimate of drug-likeness (QED) is 0.283. The second kappa shape index (κ2) is 10.7. The van der Waals surface area contributed by atoms with Gasteiger partial charge in [0.1, 0.15) is 12.4 Å². The Kier molecular flexibility index (Phi) is 7.62. The number of hydrogen-bond acceptors (Lipinski definition) is 6. The molecule has 7 heteroatoms. The Morgan fingerprint density at radius 1 is 1.03 bits per heavy atom. The van der Waals surface area contributed by atoms with Gasteiger partial charge in [0.25, 0.3) is 5.56 Å². The fraction of sp³-hybridized carbons (Fsp3) is 0.310. The highest BCUT2D eigenvalue weighted by Gasteiger charge is 2.16. The summed E-state index contributed by atoms with van der Waals surface area (Å²) in [6.45, 7) is 10.6. The van der Waals surface area contributed by atoms with Gasteiger partial charge in [-0.05, 0) is 86.7 Å². The number of hydrogen-bond donors (Lipinski definition) is 2. The minimum Gasteiger partial charge on any atom is -0.489 e. The SMILES string of the molecule is Cc1cc(OCCC(C)(C)O)nc(C)c1-c1cccc(COc2ccc(-c3cc(=O)[nH]s3)cc2)c1C. The lowest BCUT2D eigenvalue weighted by Crippen LogP contribution is -2.22. The van der Waals surface area contributed by atoms with Crippen LogP contribution in [0, 0.1) is 20.8 Å². The van der Waals surface area contributed by atoms with Crippen LogP contribution in [-0.4, -0.2) is 26.7 Å². The number of rotatable bonds is 9. The van der Waals surface area contributed by atoms with Crippen molar-refractivity contribution < 1.29 is 14.6 Å². The molecule has 0 saturated heterocycles. The van der Waals surface area contributed by atoms with Crippen LogP contribution in [0.2, 0.25) is 0 Å². The molecule has 2 aromatic carbocycles. The van der Waals surface area contributed by atoms with Crippen molar-refractivity contribution in [3.05, 3.63) is 87.3 Å². The molecule has 2 N–H and O–H groups in total. The average Bonchev–Trinajstić information content (AvgIpc) is 3.25. The Labute approximate surface area is 215 Å². The molecular formula is C29H32N2O4S. The van der Waals surface area contributed by atoms with Crippen LogP contribution in [0.15, 0.2) is 59.4 Å². The highest BCUT2D eigenvalue weighted by Crippen LogP contribution is 2.33. The van der Waals surface area contributed by atoms with E-state index < -0.39 is 5.60 Å². The van der Waals surface area contributed by atoms with E-state index in [4.69, 9.17) is 9.47 Å². The van der Waals surface area contributed by atoms with Gasteiger partial charge in [0, 0.05) is 29.8 Å². The van der Waals surface area contributed by atoms with Crippen LogP contribution in [0.4, 0.5) is 0 Å². The van der Waals surface area contributed by atoms with Crippen molar-refractivity contribution in [1.82, 2.24) is 9.36 Å². The summed E-state index contributed by atoms with van der Waals surface area (Å²) >= 11 is 1.33. The van der Waals surface area contributed by atoms with Crippen molar-refractivity contribution in [2.75, 3.05) is 6.61 Å². The van der Waals surface area contributed by atoms with Crippen molar-refractivity contribution in [3.63, 3.8) is 0 Å². The van der Waals surface area contributed by atoms with Crippen molar-refractivity contribution in [1.29, 1.82) is 0 Å². The summed E-state index contributed by atoms with van der Waals surface area (Å²) in [5, 5.41) is 9.91. The minimum atomic E-state index is -0.768. The molecule has 0 fully saturated rings. The van der Waals surface area contributed by atoms with Gasteiger partial charge in [0.05, 0.1) is 17.1 Å². The van der Waals surface area contributed by atoms with E-state index >= 15 is 0 Å². The smallest absolute Gasteiger partial charge is 0.258 e. The predicted molar refractivity (Wildman–Crippen MR) is 145 cm³/mol. The number of H-pyrrole nitrogens is 1. The normalized spacial score (nSPS) is 11.5. The second-order valence-electron chi connectivity index (χ2n) is 9.63. The van der Waals surface area contributed by atoms with Crippen LogP contribution in [0.25, 0.3) is 21.6 Å². The lowest BCUT2D eigenvalue weighted by molar-refractivity contribution is 0.0547. The molecule has 0 aliphatic heterocycles. The predicted octanol–water partition coefficient (Wildman–Crippen LogP) is 6.21. The van der Waals surface area contributed by atoms with Crippen LogP contribution < -0.4 is 15.0 Å². The van der Waals surface area contributed by atoms with Gasteiger partial charge in [-0.15, -0.1) is 0 Å². The molecule has 0 bridgehead atoms. The molecular weight excluding hydrogens is 472 g/mol. The monoisotopic (exact) mass is 504 g/mol. The summed E-state index contributed by atoms with van der Waals surface area (Å²) in [5.74, 6) is 1.35. The number of pyridine rings is 1. The Balaban J connectivity index is 1.48. The number of aromatic nitrogens is 2. The van der Waals surface area contributed by atoms with E-state index in [2.05, 4.69) is 35.3 Å². The lowest BCUT2D eigenvalue weighted by atomic mass is 9.93. The van der Waals surface area contributed by atoms with E-state index in [9.17, 15) is 9.90 Å². The van der Waals surface area contributed by atoms with Gasteiger partial charge < -0.3 is 14.6 Å². The summed E-state index contributed by atoms with van der Waals surface area (Å²) in [7, 11) is 0. The molecule has 0 aliphatic carbocycles. The van der Waals surface area contributed by atoms with Crippen LogP contribution in [-0.2, 0) is 6.61 Å². The highest BCUT2D eigenvalue weighted by atomic mass is 32.1. The first-order valence-electron chi connectivity index (χ1n) is 11.9. The maximum atomic E-state index is 11.4. The summed E-state index contributed by atoms with van der Waals surface area (Å²) in [5.41, 5.74) is 6.59. The number of aryl methyl sites for hydroxylation is 2. The minimum absolute atomic E-state index is 0.0840. The Bertz CT molecular complexity index is 1380. The first kappa shape index (κ1) is 25.7. The zero-order valence-electron chi connectivity index (χ0n) is 21.3. The van der Waals surface area contributed by atoms with E-state index in [1.807, 2.05) is 43.3 Å². The molecule has 4 aromatic rings. The Morgan fingerprint density at radius 2 is 1.78 bits per heavy atom. The molecule has 2 aromatic heterocycles. The molecule has 0 spiro atoms. The topological polar surface area (TPSA) is 84.4 Å². The number of aromatic amines is 1. The Morgan fingerprint density at radius 3 is 2.42 bits per heavy atom. The summed E-state index contributed by atoms with van der Waals surface area (Å²) in [6, 6.07) is 17.6. The van der Waals surface area contributed by atoms with Gasteiger partial charge in [-0.3, -0.25) is 9.17 Å². The molecule has 0 amide bonds. The molecule has 0 unspecified atom stereocenters. The largest absolute Gasteiger partial charge is 0.489 e. The number of ether oxygens (including phenoxy) is 2. The summed E-state index contributed by atoms with van der Waals surface area (Å²) < 4.78 is 14.6. The molecule has 2 heterocycles. The fourth-order valence-electron chi connectivity index (χ4n) is 4.10. The average molecular weight is 505 g/mol. The van der Waals surface area contributed by atoms with E-state index in [1.165, 1.54) is 11.5 Å². The number of aliphatic hydroxyl groups is 1. The van der Waals surface area contributed by atoms with E-state index in [-0.39, 0.29) is 5.56 Å². The molecule has 0 saturated carbocycles. The van der Waals surface area contributed by atoms with Crippen LogP contribution in [0.5, 0.6) is 11.6 Å². The zero-order valence-corrected chi connectivity index (χ0v) is 22.2. The first-order valence-corrected chi connectivity index (χ1v) is 12.8. The fourth-order valence-corrected chi connectivity index (χ4v) is 4.78. The van der Waals surface area contributed by atoms with E-state index in [0.717, 1.165) is 49.7 Å². The second-order valence-corrected chi connectivity index (χ2v) is 10.5. The molecule has 4 rings (SSSR count). The highest BCUT2D eigenvalue weighted by molar-refractivity contribution is 7.09. The number of nitrogens with zero attached hydrogens (tertiary/aromatic N) is 1. The molecule has 0 radical (unpaired) electrons. The van der Waals surface area contributed by atoms with Gasteiger partial charge in [0.15, 0.2) is 0 Å². The van der Waals surface area contributed by atoms with Crippen molar-refractivity contribution in [2.45, 2.75) is 53.2 Å². The van der Waals surface area contributed by atoms with Crippen molar-refractivity contribution >= 4 is 11.5 Å². The summed E-state index contributed by atoms with van der Waals surface area (Å²) in [6.07, 6.45) is 0.534. The maximum absolute atomic E-state index is 11.4. The number of benzene rings is 2. The molecule has 36 heavy (non-hydrogen) atoms. The van der Waals surface area contributed by atoms with Crippen LogP contribution in [0.3, 0.4) is 0 Å². The standard InChI is InChI=1S/C29H32N2O4S/c1-18-15-27(34-14-13-29(4,5)33)30-20(3)28(18)24-8-6-7-22(19(24)2)17-35-23-11-9-21(10-12-23)25-16-26(32)31-36-25/h6-12,15-16,33H,13-14,17H2,1-5H3,(H,31,32). The molecule has 188 valence electrons. The van der Waals surface area contributed by atoms with E-state index in [0.29, 0.717) is 25.5 Å². The van der Waals surface area contributed by atoms with Crippen molar-refractivity contribution in [2.24, 2.45) is 0 Å². The zero-order chi connectivity index (χ0) is 25.9. The maximum Gasteiger partial charge on any atom is 0.258 e. The lowest BCUT2D eigenvalue weighted by Gasteiger charge is -2.19. The van der Waals surface area contributed by atoms with Crippen LogP contribution in [0.1, 0.15) is 42.7 Å². The van der Waals surface area contributed by atoms with Crippen LogP contribution >= 0.6 is 11.5 Å². The van der Waals surface area contributed by atoms with Gasteiger partial charge in [0.2, 0.25) is 5.88 Å². The molecule has 6 nitrogen and oxygen atoms in total. The molecule has 0 aliphatic rings. The van der Waals surface area contributed by atoms with Gasteiger partial charge in [-0.1, -0.05) is 29.7 Å². The first-order chi connectivity index (χ1) is 17.1. The van der Waals surface area contributed by atoms with Gasteiger partial charge in [-0.25, -0.2) is 4.98 Å².